The van der Waals surface area contributed by atoms with Crippen molar-refractivity contribution >= 4 is 17.5 Å². The van der Waals surface area contributed by atoms with E-state index in [0.29, 0.717) is 31.8 Å². The number of pyridine rings is 1. The van der Waals surface area contributed by atoms with Crippen LogP contribution in [0, 0.1) is 11.3 Å². The number of carbonyl (C=O) groups excluding carboxylic acids is 1. The highest BCUT2D eigenvalue weighted by Gasteiger charge is 2.13. The second-order valence-electron chi connectivity index (χ2n) is 4.23. The van der Waals surface area contributed by atoms with Gasteiger partial charge in [-0.2, -0.15) is 5.26 Å². The van der Waals surface area contributed by atoms with E-state index in [0.717, 1.165) is 18.4 Å². The zero-order valence-corrected chi connectivity index (χ0v) is 11.6. The lowest BCUT2D eigenvalue weighted by atomic mass is 10.2. The highest BCUT2D eigenvalue weighted by molar-refractivity contribution is 6.17. The molecule has 0 aromatic carbocycles. The number of aromatic nitrogens is 1. The molecule has 1 rings (SSSR count). The van der Waals surface area contributed by atoms with Crippen molar-refractivity contribution in [2.75, 3.05) is 12.4 Å². The Labute approximate surface area is 119 Å². The molecule has 0 spiro atoms. The smallest absolute Gasteiger partial charge is 0.222 e. The Hall–Kier alpha value is -1.60. The molecule has 1 aromatic rings. The Morgan fingerprint density at radius 1 is 1.47 bits per heavy atom. The molecular weight excluding hydrogens is 262 g/mol. The lowest BCUT2D eigenvalue weighted by Crippen LogP contribution is -2.31. The number of amides is 1. The van der Waals surface area contributed by atoms with Crippen LogP contribution in [-0.2, 0) is 11.3 Å². The average Bonchev–Trinajstić information content (AvgIpc) is 2.44. The normalized spacial score (nSPS) is 9.89. The van der Waals surface area contributed by atoms with E-state index in [1.54, 1.807) is 17.3 Å². The van der Waals surface area contributed by atoms with Crippen LogP contribution in [0.3, 0.4) is 0 Å². The van der Waals surface area contributed by atoms with Gasteiger partial charge in [0, 0.05) is 37.8 Å². The minimum absolute atomic E-state index is 0.0734. The molecule has 1 aromatic heterocycles. The molecule has 1 amide bonds. The van der Waals surface area contributed by atoms with Gasteiger partial charge in [0.05, 0.1) is 12.5 Å². The maximum absolute atomic E-state index is 12.1. The molecule has 5 heteroatoms. The van der Waals surface area contributed by atoms with E-state index >= 15 is 0 Å². The van der Waals surface area contributed by atoms with E-state index < -0.39 is 0 Å². The van der Waals surface area contributed by atoms with E-state index in [1.807, 2.05) is 12.1 Å². The first-order valence-corrected chi connectivity index (χ1v) is 6.91. The molecular formula is C14H18ClN3O. The highest BCUT2D eigenvalue weighted by Crippen LogP contribution is 2.08. The summed E-state index contributed by atoms with van der Waals surface area (Å²) in [7, 11) is 0. The predicted octanol–water partition coefficient (Wildman–Crippen LogP) is 2.73. The van der Waals surface area contributed by atoms with Crippen LogP contribution < -0.4 is 0 Å². The van der Waals surface area contributed by atoms with Gasteiger partial charge >= 0.3 is 0 Å². The van der Waals surface area contributed by atoms with Crippen LogP contribution in [0.1, 0.15) is 31.2 Å². The van der Waals surface area contributed by atoms with E-state index in [1.165, 1.54) is 0 Å². The molecule has 0 N–H and O–H groups in total. The summed E-state index contributed by atoms with van der Waals surface area (Å²) in [5.74, 6) is 0.651. The minimum Gasteiger partial charge on any atom is -0.337 e. The summed E-state index contributed by atoms with van der Waals surface area (Å²) in [6, 6.07) is 5.85. The van der Waals surface area contributed by atoms with E-state index in [4.69, 9.17) is 16.9 Å². The summed E-state index contributed by atoms with van der Waals surface area (Å²) in [6.07, 6.45) is 5.90. The molecule has 1 heterocycles. The lowest BCUT2D eigenvalue weighted by Gasteiger charge is -2.21. The quantitative estimate of drug-likeness (QED) is 0.543. The summed E-state index contributed by atoms with van der Waals surface area (Å²) in [5, 5.41) is 8.66. The maximum Gasteiger partial charge on any atom is 0.222 e. The second-order valence-corrected chi connectivity index (χ2v) is 4.61. The average molecular weight is 280 g/mol. The van der Waals surface area contributed by atoms with Crippen LogP contribution in [0.4, 0.5) is 0 Å². The lowest BCUT2D eigenvalue weighted by molar-refractivity contribution is -0.131. The Bertz CT molecular complexity index is 416. The fourth-order valence-electron chi connectivity index (χ4n) is 1.72. The number of hydrogen-bond donors (Lipinski definition) is 0. The molecule has 0 saturated heterocycles. The number of nitriles is 1. The van der Waals surface area contributed by atoms with Crippen LogP contribution in [0.2, 0.25) is 0 Å². The number of carbonyl (C=O) groups is 1. The van der Waals surface area contributed by atoms with Gasteiger partial charge in [-0.05, 0) is 24.5 Å². The highest BCUT2D eigenvalue weighted by atomic mass is 35.5. The molecule has 0 bridgehead atoms. The molecule has 4 nitrogen and oxygen atoms in total. The summed E-state index contributed by atoms with van der Waals surface area (Å²) in [5.41, 5.74) is 0.978. The van der Waals surface area contributed by atoms with Crippen molar-refractivity contribution in [1.82, 2.24) is 9.88 Å². The predicted molar refractivity (Wildman–Crippen MR) is 74.5 cm³/mol. The Kier molecular flexibility index (Phi) is 7.60. The summed E-state index contributed by atoms with van der Waals surface area (Å²) in [6.45, 7) is 0.973. The van der Waals surface area contributed by atoms with Crippen LogP contribution in [0.5, 0.6) is 0 Å². The number of hydrogen-bond acceptors (Lipinski definition) is 3. The summed E-state index contributed by atoms with van der Waals surface area (Å²) in [4.78, 5) is 17.8. The SMILES string of the molecule is N#CCCN(Cc1cccnc1)C(=O)CCCCCl. The van der Waals surface area contributed by atoms with Gasteiger partial charge in [0.25, 0.3) is 0 Å². The number of nitrogens with zero attached hydrogens (tertiary/aromatic N) is 3. The molecule has 0 radical (unpaired) electrons. The first-order chi connectivity index (χ1) is 9.27. The topological polar surface area (TPSA) is 57.0 Å². The molecule has 19 heavy (non-hydrogen) atoms. The third-order valence-electron chi connectivity index (χ3n) is 2.72. The van der Waals surface area contributed by atoms with Crippen LogP contribution in [-0.4, -0.2) is 28.2 Å². The van der Waals surface area contributed by atoms with Crippen molar-refractivity contribution in [1.29, 1.82) is 5.26 Å². The van der Waals surface area contributed by atoms with Gasteiger partial charge in [0.15, 0.2) is 0 Å². The van der Waals surface area contributed by atoms with Crippen molar-refractivity contribution in [2.45, 2.75) is 32.2 Å². The van der Waals surface area contributed by atoms with Crippen molar-refractivity contribution < 1.29 is 4.79 Å². The fraction of sp³-hybridized carbons (Fsp3) is 0.500. The van der Waals surface area contributed by atoms with Gasteiger partial charge in [-0.1, -0.05) is 6.07 Å². The molecule has 0 saturated carbocycles. The number of rotatable bonds is 8. The van der Waals surface area contributed by atoms with Crippen LogP contribution >= 0.6 is 11.6 Å². The molecule has 0 atom stereocenters. The molecule has 0 aliphatic rings. The first kappa shape index (κ1) is 15.5. The first-order valence-electron chi connectivity index (χ1n) is 6.37. The van der Waals surface area contributed by atoms with Gasteiger partial charge in [-0.15, -0.1) is 11.6 Å². The van der Waals surface area contributed by atoms with Crippen molar-refractivity contribution in [2.24, 2.45) is 0 Å². The zero-order valence-electron chi connectivity index (χ0n) is 10.9. The van der Waals surface area contributed by atoms with E-state index in [2.05, 4.69) is 11.1 Å². The van der Waals surface area contributed by atoms with E-state index in [-0.39, 0.29) is 5.91 Å². The molecule has 0 unspecified atom stereocenters. The Balaban J connectivity index is 2.56. The van der Waals surface area contributed by atoms with Crippen LogP contribution in [0.15, 0.2) is 24.5 Å². The number of alkyl halides is 1. The zero-order chi connectivity index (χ0) is 13.9. The minimum atomic E-state index is 0.0734. The third-order valence-corrected chi connectivity index (χ3v) is 2.98. The second kappa shape index (κ2) is 9.35. The van der Waals surface area contributed by atoms with Gasteiger partial charge in [0.2, 0.25) is 5.91 Å². The number of halogens is 1. The van der Waals surface area contributed by atoms with Gasteiger partial charge < -0.3 is 4.90 Å². The third kappa shape index (κ3) is 6.21. The molecule has 102 valence electrons. The largest absolute Gasteiger partial charge is 0.337 e. The van der Waals surface area contributed by atoms with Crippen LogP contribution in [0.25, 0.3) is 0 Å². The van der Waals surface area contributed by atoms with Crippen molar-refractivity contribution in [3.63, 3.8) is 0 Å². The summed E-state index contributed by atoms with van der Waals surface area (Å²) >= 11 is 5.60. The molecule has 0 fully saturated rings. The van der Waals surface area contributed by atoms with Gasteiger partial charge in [0.1, 0.15) is 0 Å². The van der Waals surface area contributed by atoms with Gasteiger partial charge in [-0.3, -0.25) is 9.78 Å². The standard InChI is InChI=1S/C14H18ClN3O/c15-7-2-1-6-14(19)18(10-4-8-16)12-13-5-3-9-17-11-13/h3,5,9,11H,1-2,4,6-7,10,12H2. The van der Waals surface area contributed by atoms with Crippen molar-refractivity contribution in [3.8, 4) is 6.07 Å². The Morgan fingerprint density at radius 2 is 2.32 bits per heavy atom. The Morgan fingerprint density at radius 3 is 2.95 bits per heavy atom. The van der Waals surface area contributed by atoms with Crippen molar-refractivity contribution in [3.05, 3.63) is 30.1 Å². The van der Waals surface area contributed by atoms with Gasteiger partial charge in [-0.25, -0.2) is 0 Å². The summed E-state index contributed by atoms with van der Waals surface area (Å²) < 4.78 is 0. The molecule has 0 aliphatic heterocycles. The number of unbranched alkanes of at least 4 members (excludes halogenated alkanes) is 1. The fourth-order valence-corrected chi connectivity index (χ4v) is 1.91. The monoisotopic (exact) mass is 279 g/mol. The van der Waals surface area contributed by atoms with E-state index in [9.17, 15) is 4.79 Å². The maximum atomic E-state index is 12.1. The molecule has 0 aliphatic carbocycles.